The van der Waals surface area contributed by atoms with Crippen LogP contribution in [-0.2, 0) is 28.8 Å². The highest BCUT2D eigenvalue weighted by atomic mass is 28.1. The Morgan fingerprint density at radius 2 is 0.368 bits per heavy atom. The molecule has 0 atom stereocenters. The molecule has 0 saturated heterocycles. The fraction of sp³-hybridized carbons (Fsp3) is 0. The van der Waals surface area contributed by atoms with E-state index in [-0.39, 0.29) is 11.0 Å². The van der Waals surface area contributed by atoms with Crippen LogP contribution in [0.25, 0.3) is 0 Å². The van der Waals surface area contributed by atoms with Crippen LogP contribution in [0.5, 0.6) is 0 Å². The van der Waals surface area contributed by atoms with Gasteiger partial charge in [0.2, 0.25) is 36.5 Å². The maximum atomic E-state index is 8.35. The van der Waals surface area contributed by atoms with Gasteiger partial charge in [-0.3, -0.25) is 0 Å². The Bertz CT molecular complexity index is 253. The van der Waals surface area contributed by atoms with Gasteiger partial charge in [0, 0.05) is 0 Å². The van der Waals surface area contributed by atoms with Gasteiger partial charge in [-0.05, 0) is 11.0 Å². The second-order valence-corrected chi connectivity index (χ2v) is 0.612. The molecule has 0 radical (unpaired) electrons. The van der Waals surface area contributed by atoms with Gasteiger partial charge in [-0.1, -0.05) is 0 Å². The molecule has 0 aromatic heterocycles. The lowest BCUT2D eigenvalue weighted by Gasteiger charge is -1.02. The monoisotopic (exact) mass is 290 g/mol. The van der Waals surface area contributed by atoms with Gasteiger partial charge >= 0.3 is 0 Å². The summed E-state index contributed by atoms with van der Waals surface area (Å²) in [5.74, 6) is 0. The molecule has 104 valence electrons. The molecule has 0 aromatic rings. The van der Waals surface area contributed by atoms with E-state index in [1.807, 2.05) is 0 Å². The van der Waals surface area contributed by atoms with Crippen molar-refractivity contribution in [2.75, 3.05) is 0 Å². The summed E-state index contributed by atoms with van der Waals surface area (Å²) in [6.07, 6.45) is 4.50. The van der Waals surface area contributed by atoms with E-state index in [1.54, 1.807) is 0 Å². The van der Waals surface area contributed by atoms with Crippen LogP contribution in [-0.4, -0.2) is 47.4 Å². The minimum absolute atomic E-state index is 0. The molecule has 0 aliphatic carbocycles. The summed E-state index contributed by atoms with van der Waals surface area (Å²) < 4.78 is 0. The lowest BCUT2D eigenvalue weighted by molar-refractivity contribution is 0.562. The van der Waals surface area contributed by atoms with E-state index < -0.39 is 0 Å². The third-order valence-electron chi connectivity index (χ3n) is 0. The first-order valence-electron chi connectivity index (χ1n) is 2.72. The van der Waals surface area contributed by atoms with Gasteiger partial charge in [-0.15, -0.1) is 0 Å². The van der Waals surface area contributed by atoms with Gasteiger partial charge in [-0.2, -0.15) is 0 Å². The molecule has 0 unspecified atom stereocenters. The Kier molecular flexibility index (Phi) is 1010. The Hall–Kier alpha value is -3.50. The largest absolute Gasteiger partial charge is 0.231 e. The number of carbonyl (C=O) groups excluding carboxylic acids is 6. The number of hydrogen-bond acceptors (Lipinski definition) is 12. The van der Waals surface area contributed by atoms with Crippen molar-refractivity contribution in [2.45, 2.75) is 0 Å². The highest BCUT2D eigenvalue weighted by Crippen LogP contribution is 0.882. The summed E-state index contributed by atoms with van der Waals surface area (Å²) in [6, 6.07) is 0. The fourth-order valence-corrected chi connectivity index (χ4v) is 0. The van der Waals surface area contributed by atoms with E-state index in [9.17, 15) is 0 Å². The molecule has 0 fully saturated rings. The highest BCUT2D eigenvalue weighted by Gasteiger charge is 1.05. The topological polar surface area (TPSA) is 246 Å². The Morgan fingerprint density at radius 1 is 0.368 bits per heavy atom. The summed E-state index contributed by atoms with van der Waals surface area (Å²) in [5, 5.41) is 32.4. The second kappa shape index (κ2) is 424. The molecule has 19 heavy (non-hydrogen) atoms. The van der Waals surface area contributed by atoms with Gasteiger partial charge in [0.1, 0.15) is 0 Å². The van der Waals surface area contributed by atoms with Crippen LogP contribution in [0.4, 0.5) is 0 Å². The van der Waals surface area contributed by atoms with E-state index in [0.717, 1.165) is 36.5 Å². The first-order valence-corrected chi connectivity index (χ1v) is 2.72. The number of rotatable bonds is 0. The zero-order chi connectivity index (χ0) is 16.2. The zero-order valence-corrected chi connectivity index (χ0v) is 8.45. The Morgan fingerprint density at radius 3 is 0.368 bits per heavy atom. The molecule has 0 aliphatic rings. The van der Waals surface area contributed by atoms with E-state index in [4.69, 9.17) is 61.2 Å². The highest BCUT2D eigenvalue weighted by molar-refractivity contribution is 5.75. The average molecular weight is 290 g/mol. The number of hydrogen-bond donors (Lipinski definition) is 6. The Labute approximate surface area is 109 Å². The summed E-state index contributed by atoms with van der Waals surface area (Å²) in [4.78, 5) is 50.1. The molecule has 12 nitrogen and oxygen atoms in total. The predicted molar refractivity (Wildman–Crippen MR) is 61.8 cm³/mol. The fourth-order valence-electron chi connectivity index (χ4n) is 0. The van der Waals surface area contributed by atoms with Crippen molar-refractivity contribution < 1.29 is 28.8 Å². The minimum Gasteiger partial charge on any atom is -0.222 e. The minimum atomic E-state index is 0. The predicted octanol–water partition coefficient (Wildman–Crippen LogP) is -2.05. The van der Waals surface area contributed by atoms with E-state index in [0.29, 0.717) is 0 Å². The third-order valence-corrected chi connectivity index (χ3v) is 0. The molecule has 0 amide bonds. The van der Waals surface area contributed by atoms with Crippen LogP contribution >= 0.6 is 0 Å². The van der Waals surface area contributed by atoms with Crippen molar-refractivity contribution in [3.63, 3.8) is 0 Å². The molecule has 0 aromatic carbocycles. The van der Waals surface area contributed by atoms with Crippen molar-refractivity contribution in [2.24, 2.45) is 0 Å². The quantitative estimate of drug-likeness (QED) is 0.166. The van der Waals surface area contributed by atoms with E-state index in [1.165, 1.54) is 0 Å². The smallest absolute Gasteiger partial charge is 0.222 e. The molecular formula is C6H10N6O6Si. The van der Waals surface area contributed by atoms with Gasteiger partial charge in [-0.25, -0.2) is 61.2 Å². The van der Waals surface area contributed by atoms with Crippen LogP contribution in [0, 0.1) is 32.5 Å². The molecule has 0 heterocycles. The third kappa shape index (κ3) is 184. The summed E-state index contributed by atoms with van der Waals surface area (Å²) >= 11 is 0. The van der Waals surface area contributed by atoms with Crippen molar-refractivity contribution in [1.82, 2.24) is 0 Å². The summed E-state index contributed by atoms with van der Waals surface area (Å²) in [5.41, 5.74) is 0. The molecule has 0 saturated carbocycles. The van der Waals surface area contributed by atoms with Gasteiger partial charge in [0.25, 0.3) is 0 Å². The van der Waals surface area contributed by atoms with Gasteiger partial charge in [0.05, 0.1) is 0 Å². The zero-order valence-electron chi connectivity index (χ0n) is 8.45. The molecule has 13 heteroatoms. The van der Waals surface area contributed by atoms with Crippen LogP contribution in [0.3, 0.4) is 0 Å². The standard InChI is InChI=1S/6CHNO.H4Si/c6*2-1-3;/h6*2H;1H4. The summed E-state index contributed by atoms with van der Waals surface area (Å²) in [6.45, 7) is 0. The van der Waals surface area contributed by atoms with Crippen LogP contribution in [0.15, 0.2) is 0 Å². The van der Waals surface area contributed by atoms with Gasteiger partial charge in [0.15, 0.2) is 0 Å². The molecular weight excluding hydrogens is 280 g/mol. The van der Waals surface area contributed by atoms with Gasteiger partial charge < -0.3 is 0 Å². The lowest BCUT2D eigenvalue weighted by Crippen LogP contribution is -1.16. The Balaban J connectivity index is -0.0000000180. The SMILES string of the molecule is N=C=O.N=C=O.N=C=O.N=C=O.N=C=O.N=C=O.[SiH4]. The number of nitrogens with one attached hydrogen (secondary N) is 6. The summed E-state index contributed by atoms with van der Waals surface area (Å²) in [7, 11) is 0. The maximum Gasteiger partial charge on any atom is 0.231 e. The van der Waals surface area contributed by atoms with Crippen LogP contribution in [0.1, 0.15) is 0 Å². The van der Waals surface area contributed by atoms with Crippen LogP contribution < -0.4 is 0 Å². The van der Waals surface area contributed by atoms with Crippen molar-refractivity contribution in [3.05, 3.63) is 0 Å². The normalized spacial score (nSPS) is 2.53. The number of isocyanates is 6. The van der Waals surface area contributed by atoms with Crippen LogP contribution in [0.2, 0.25) is 0 Å². The first-order chi connectivity index (χ1) is 8.49. The second-order valence-electron chi connectivity index (χ2n) is 0.612. The van der Waals surface area contributed by atoms with E-state index in [2.05, 4.69) is 0 Å². The molecule has 0 spiro atoms. The first kappa shape index (κ1) is 45.1. The maximum absolute atomic E-state index is 8.35. The molecule has 6 N–H and O–H groups in total. The average Bonchev–Trinajstić information content (AvgIpc) is 2.23. The van der Waals surface area contributed by atoms with E-state index >= 15 is 0 Å². The molecule has 0 bridgehead atoms. The molecule has 0 rings (SSSR count). The van der Waals surface area contributed by atoms with Crippen molar-refractivity contribution in [1.29, 1.82) is 32.5 Å². The van der Waals surface area contributed by atoms with Crippen molar-refractivity contribution >= 4 is 47.4 Å². The lowest BCUT2D eigenvalue weighted by atomic mass is 11.7. The van der Waals surface area contributed by atoms with Crippen molar-refractivity contribution in [3.8, 4) is 0 Å². The molecule has 0 aliphatic heterocycles.